The maximum Gasteiger partial charge on any atom is 0.422 e. The zero-order valence-corrected chi connectivity index (χ0v) is 13.4. The van der Waals surface area contributed by atoms with Crippen molar-refractivity contribution in [2.24, 2.45) is 5.73 Å². The minimum absolute atomic E-state index is 0.0647. The number of hydrogen-bond donors (Lipinski definition) is 2. The van der Waals surface area contributed by atoms with Crippen molar-refractivity contribution in [3.8, 4) is 11.8 Å². The molecule has 1 unspecified atom stereocenters. The third kappa shape index (κ3) is 6.20. The van der Waals surface area contributed by atoms with Crippen LogP contribution in [0.5, 0.6) is 11.8 Å². The molecule has 0 spiro atoms. The Labute approximate surface area is 146 Å². The molecule has 0 aliphatic carbocycles. The van der Waals surface area contributed by atoms with Gasteiger partial charge in [-0.15, -0.1) is 0 Å². The number of benzene rings is 1. The molecular formula is C16H16F3N3O4. The number of ether oxygens (including phenoxy) is 2. The third-order valence-electron chi connectivity index (χ3n) is 3.16. The van der Waals surface area contributed by atoms with E-state index < -0.39 is 30.8 Å². The molecule has 0 radical (unpaired) electrons. The number of aliphatic carboxylic acids is 1. The van der Waals surface area contributed by atoms with Gasteiger partial charge in [-0.2, -0.15) is 18.2 Å². The van der Waals surface area contributed by atoms with Crippen molar-refractivity contribution in [1.82, 2.24) is 9.97 Å². The lowest BCUT2D eigenvalue weighted by Gasteiger charge is -2.13. The first-order valence-corrected chi connectivity index (χ1v) is 7.45. The fourth-order valence-electron chi connectivity index (χ4n) is 1.96. The standard InChI is InChI=1S/C16H16F3N3O4/c17-16(18,19)9-26-15-21-6-5-11(22-15)8-25-13-4-2-1-3-10(13)7-12(20)14(23)24/h1-6,12H,7-9,20H2,(H,23,24). The molecule has 7 nitrogen and oxygen atoms in total. The fourth-order valence-corrected chi connectivity index (χ4v) is 1.96. The lowest BCUT2D eigenvalue weighted by Crippen LogP contribution is -2.32. The van der Waals surface area contributed by atoms with Gasteiger partial charge in [0.1, 0.15) is 18.4 Å². The number of alkyl halides is 3. The van der Waals surface area contributed by atoms with Gasteiger partial charge >= 0.3 is 18.2 Å². The van der Waals surface area contributed by atoms with Crippen LogP contribution < -0.4 is 15.2 Å². The van der Waals surface area contributed by atoms with Crippen LogP contribution in [0.25, 0.3) is 0 Å². The smallest absolute Gasteiger partial charge is 0.422 e. The van der Waals surface area contributed by atoms with Gasteiger partial charge in [0.25, 0.3) is 0 Å². The predicted octanol–water partition coefficient (Wildman–Crippen LogP) is 1.95. The Hall–Kier alpha value is -2.88. The number of para-hydroxylation sites is 1. The van der Waals surface area contributed by atoms with Crippen LogP contribution in [0.15, 0.2) is 36.5 Å². The van der Waals surface area contributed by atoms with E-state index in [1.54, 1.807) is 24.3 Å². The number of nitrogens with two attached hydrogens (primary N) is 1. The van der Waals surface area contributed by atoms with E-state index in [-0.39, 0.29) is 13.0 Å². The monoisotopic (exact) mass is 371 g/mol. The average molecular weight is 371 g/mol. The summed E-state index contributed by atoms with van der Waals surface area (Å²) in [5, 5.41) is 8.90. The molecular weight excluding hydrogens is 355 g/mol. The van der Waals surface area contributed by atoms with Crippen LogP contribution >= 0.6 is 0 Å². The van der Waals surface area contributed by atoms with Gasteiger partial charge in [-0.25, -0.2) is 4.98 Å². The molecule has 1 aromatic heterocycles. The largest absolute Gasteiger partial charge is 0.487 e. The van der Waals surface area contributed by atoms with E-state index >= 15 is 0 Å². The Kier molecular flexibility index (Phi) is 6.34. The van der Waals surface area contributed by atoms with Crippen LogP contribution in [-0.4, -0.2) is 39.9 Å². The summed E-state index contributed by atoms with van der Waals surface area (Å²) >= 11 is 0. The molecule has 2 aromatic rings. The maximum absolute atomic E-state index is 12.2. The Bertz CT molecular complexity index is 756. The van der Waals surface area contributed by atoms with Gasteiger partial charge in [0.05, 0.1) is 5.69 Å². The number of carboxylic acid groups (broad SMARTS) is 1. The molecule has 0 aliphatic heterocycles. The normalized spacial score (nSPS) is 12.5. The molecule has 0 bridgehead atoms. The van der Waals surface area contributed by atoms with Crippen LogP contribution in [0.3, 0.4) is 0 Å². The number of rotatable bonds is 8. The first kappa shape index (κ1) is 19.4. The summed E-state index contributed by atoms with van der Waals surface area (Å²) in [4.78, 5) is 18.3. The highest BCUT2D eigenvalue weighted by Gasteiger charge is 2.29. The Morgan fingerprint density at radius 1 is 1.23 bits per heavy atom. The first-order valence-electron chi connectivity index (χ1n) is 7.45. The Morgan fingerprint density at radius 3 is 2.65 bits per heavy atom. The zero-order chi connectivity index (χ0) is 19.2. The minimum Gasteiger partial charge on any atom is -0.487 e. The topological polar surface area (TPSA) is 108 Å². The quantitative estimate of drug-likeness (QED) is 0.730. The average Bonchev–Trinajstić information content (AvgIpc) is 2.59. The summed E-state index contributed by atoms with van der Waals surface area (Å²) in [5.41, 5.74) is 6.42. The van der Waals surface area contributed by atoms with E-state index in [4.69, 9.17) is 15.6 Å². The van der Waals surface area contributed by atoms with Crippen LogP contribution in [0.4, 0.5) is 13.2 Å². The van der Waals surface area contributed by atoms with Gasteiger partial charge in [0.2, 0.25) is 0 Å². The second kappa shape index (κ2) is 8.48. The molecule has 3 N–H and O–H groups in total. The van der Waals surface area contributed by atoms with Crippen LogP contribution in [-0.2, 0) is 17.8 Å². The van der Waals surface area contributed by atoms with E-state index in [0.717, 1.165) is 0 Å². The van der Waals surface area contributed by atoms with Crippen molar-refractivity contribution >= 4 is 5.97 Å². The summed E-state index contributed by atoms with van der Waals surface area (Å²) < 4.78 is 46.5. The summed E-state index contributed by atoms with van der Waals surface area (Å²) in [7, 11) is 0. The SMILES string of the molecule is NC(Cc1ccccc1OCc1ccnc(OCC(F)(F)F)n1)C(=O)O. The number of hydrogen-bond acceptors (Lipinski definition) is 6. The number of nitrogens with zero attached hydrogens (tertiary/aromatic N) is 2. The van der Waals surface area contributed by atoms with Crippen LogP contribution in [0.1, 0.15) is 11.3 Å². The number of carboxylic acids is 1. The lowest BCUT2D eigenvalue weighted by atomic mass is 10.1. The van der Waals surface area contributed by atoms with Gasteiger partial charge in [0.15, 0.2) is 6.61 Å². The molecule has 1 aromatic carbocycles. The van der Waals surface area contributed by atoms with Crippen molar-refractivity contribution < 1.29 is 32.5 Å². The van der Waals surface area contributed by atoms with Crippen molar-refractivity contribution in [3.05, 3.63) is 47.8 Å². The lowest BCUT2D eigenvalue weighted by molar-refractivity contribution is -0.154. The highest BCUT2D eigenvalue weighted by atomic mass is 19.4. The molecule has 1 heterocycles. The number of carbonyl (C=O) groups is 1. The van der Waals surface area contributed by atoms with Gasteiger partial charge < -0.3 is 20.3 Å². The highest BCUT2D eigenvalue weighted by molar-refractivity contribution is 5.73. The molecule has 0 saturated heterocycles. The minimum atomic E-state index is -4.49. The molecule has 0 fully saturated rings. The Balaban J connectivity index is 2.02. The van der Waals surface area contributed by atoms with Crippen molar-refractivity contribution in [3.63, 3.8) is 0 Å². The predicted molar refractivity (Wildman–Crippen MR) is 83.7 cm³/mol. The molecule has 1 atom stereocenters. The molecule has 10 heteroatoms. The molecule has 0 saturated carbocycles. The summed E-state index contributed by atoms with van der Waals surface area (Å²) in [6, 6.07) is 6.69. The summed E-state index contributed by atoms with van der Waals surface area (Å²) in [5.74, 6) is -0.734. The first-order chi connectivity index (χ1) is 12.2. The van der Waals surface area contributed by atoms with Crippen LogP contribution in [0.2, 0.25) is 0 Å². The van der Waals surface area contributed by atoms with E-state index in [1.807, 2.05) is 0 Å². The van der Waals surface area contributed by atoms with Crippen molar-refractivity contribution in [1.29, 1.82) is 0 Å². The summed E-state index contributed by atoms with van der Waals surface area (Å²) in [6.07, 6.45) is -3.17. The van der Waals surface area contributed by atoms with E-state index in [1.165, 1.54) is 12.3 Å². The summed E-state index contributed by atoms with van der Waals surface area (Å²) in [6.45, 7) is -1.56. The molecule has 2 rings (SSSR count). The molecule has 0 amide bonds. The van der Waals surface area contributed by atoms with Gasteiger partial charge in [-0.3, -0.25) is 4.79 Å². The number of aromatic nitrogens is 2. The van der Waals surface area contributed by atoms with Crippen molar-refractivity contribution in [2.75, 3.05) is 6.61 Å². The van der Waals surface area contributed by atoms with Gasteiger partial charge in [-0.1, -0.05) is 18.2 Å². The van der Waals surface area contributed by atoms with E-state index in [9.17, 15) is 18.0 Å². The van der Waals surface area contributed by atoms with Gasteiger partial charge in [0, 0.05) is 12.6 Å². The second-order valence-electron chi connectivity index (χ2n) is 5.28. The second-order valence-corrected chi connectivity index (χ2v) is 5.28. The maximum atomic E-state index is 12.2. The Morgan fingerprint density at radius 2 is 1.96 bits per heavy atom. The molecule has 140 valence electrons. The van der Waals surface area contributed by atoms with Crippen molar-refractivity contribution in [2.45, 2.75) is 25.2 Å². The third-order valence-corrected chi connectivity index (χ3v) is 3.16. The number of halogens is 3. The van der Waals surface area contributed by atoms with E-state index in [2.05, 4.69) is 14.7 Å². The zero-order valence-electron chi connectivity index (χ0n) is 13.4. The molecule has 0 aliphatic rings. The van der Waals surface area contributed by atoms with Crippen LogP contribution in [0, 0.1) is 0 Å². The highest BCUT2D eigenvalue weighted by Crippen LogP contribution is 2.21. The van der Waals surface area contributed by atoms with Gasteiger partial charge in [-0.05, 0) is 17.7 Å². The fraction of sp³-hybridized carbons (Fsp3) is 0.312. The van der Waals surface area contributed by atoms with E-state index in [0.29, 0.717) is 17.0 Å². The molecule has 26 heavy (non-hydrogen) atoms.